The quantitative estimate of drug-likeness (QED) is 0.745. The number of rotatable bonds is 5. The zero-order valence-electron chi connectivity index (χ0n) is 13.9. The van der Waals surface area contributed by atoms with Gasteiger partial charge in [-0.1, -0.05) is 11.6 Å². The fourth-order valence-electron chi connectivity index (χ4n) is 2.71. The van der Waals surface area contributed by atoms with Gasteiger partial charge >= 0.3 is 0 Å². The molecule has 2 atom stereocenters. The normalized spacial score (nSPS) is 19.2. The van der Waals surface area contributed by atoms with Crippen molar-refractivity contribution in [1.82, 2.24) is 4.98 Å². The van der Waals surface area contributed by atoms with Crippen LogP contribution in [0, 0.1) is 0 Å². The smallest absolute Gasteiger partial charge is 0.257 e. The maximum atomic E-state index is 12.3. The third kappa shape index (κ3) is 4.37. The molecule has 8 heteroatoms. The molecule has 2 aromatic rings. The second-order valence-electron chi connectivity index (χ2n) is 5.94. The molecule has 0 saturated carbocycles. The molecule has 0 bridgehead atoms. The molecule has 0 aliphatic carbocycles. The molecule has 1 aliphatic heterocycles. The minimum Gasteiger partial charge on any atom is -0.364 e. The molecule has 0 spiro atoms. The summed E-state index contributed by atoms with van der Waals surface area (Å²) < 4.78 is 5.56. The Morgan fingerprint density at radius 2 is 2.08 bits per heavy atom. The summed E-state index contributed by atoms with van der Waals surface area (Å²) in [4.78, 5) is 28.5. The number of amides is 2. The first-order valence-electron chi connectivity index (χ1n) is 8.24. The number of nitrogens with two attached hydrogens (primary N) is 1. The van der Waals surface area contributed by atoms with Crippen LogP contribution in [0.3, 0.4) is 0 Å². The third-order valence-corrected chi connectivity index (χ3v) is 4.38. The SMILES string of the molecule is NC[C@H]1CC[C@@H](C(=O)Nc2ccc(C(=O)Nc3cccnc3)c(Cl)c2)O1. The van der Waals surface area contributed by atoms with Gasteiger partial charge in [0.25, 0.3) is 11.8 Å². The van der Waals surface area contributed by atoms with Crippen LogP contribution >= 0.6 is 11.6 Å². The standard InChI is InChI=1S/C18H19ClN4O3/c19-15-8-11(22-18(25)16-6-4-13(9-20)26-16)3-5-14(15)17(24)23-12-2-1-7-21-10-12/h1-3,5,7-8,10,13,16H,4,6,9,20H2,(H,22,25)(H,23,24)/t13-,16+/m1/s1. The summed E-state index contributed by atoms with van der Waals surface area (Å²) in [6.45, 7) is 0.399. The Balaban J connectivity index is 1.64. The minimum atomic E-state index is -0.518. The Bertz CT molecular complexity index is 800. The molecule has 3 rings (SSSR count). The zero-order chi connectivity index (χ0) is 18.5. The molecule has 2 heterocycles. The van der Waals surface area contributed by atoms with E-state index in [1.54, 1.807) is 30.5 Å². The van der Waals surface area contributed by atoms with Gasteiger partial charge in [-0.25, -0.2) is 0 Å². The third-order valence-electron chi connectivity index (χ3n) is 4.06. The predicted octanol–water partition coefficient (Wildman–Crippen LogP) is 2.43. The molecular formula is C18H19ClN4O3. The van der Waals surface area contributed by atoms with Crippen molar-refractivity contribution < 1.29 is 14.3 Å². The number of hydrogen-bond acceptors (Lipinski definition) is 5. The number of nitrogens with zero attached hydrogens (tertiary/aromatic N) is 1. The number of carbonyl (C=O) groups excluding carboxylic acids is 2. The Kier molecular flexibility index (Phi) is 5.82. The maximum Gasteiger partial charge on any atom is 0.257 e. The lowest BCUT2D eigenvalue weighted by Crippen LogP contribution is -2.29. The number of ether oxygens (including phenoxy) is 1. The molecule has 2 amide bonds. The Labute approximate surface area is 155 Å². The first-order valence-corrected chi connectivity index (χ1v) is 8.62. The van der Waals surface area contributed by atoms with Gasteiger partial charge in [0.15, 0.2) is 0 Å². The van der Waals surface area contributed by atoms with E-state index in [1.165, 1.54) is 12.3 Å². The van der Waals surface area contributed by atoms with Crippen LogP contribution in [0.15, 0.2) is 42.7 Å². The van der Waals surface area contributed by atoms with E-state index in [9.17, 15) is 9.59 Å². The van der Waals surface area contributed by atoms with E-state index in [-0.39, 0.29) is 22.9 Å². The topological polar surface area (TPSA) is 106 Å². The van der Waals surface area contributed by atoms with Crippen LogP contribution in [0.1, 0.15) is 23.2 Å². The molecule has 26 heavy (non-hydrogen) atoms. The van der Waals surface area contributed by atoms with Crippen molar-refractivity contribution in [2.75, 3.05) is 17.2 Å². The fraction of sp³-hybridized carbons (Fsp3) is 0.278. The number of nitrogens with one attached hydrogen (secondary N) is 2. The second kappa shape index (κ2) is 8.27. The van der Waals surface area contributed by atoms with Crippen molar-refractivity contribution in [3.8, 4) is 0 Å². The van der Waals surface area contributed by atoms with E-state index in [2.05, 4.69) is 15.6 Å². The number of pyridine rings is 1. The molecule has 0 radical (unpaired) electrons. The summed E-state index contributed by atoms with van der Waals surface area (Å²) in [5.74, 6) is -0.602. The zero-order valence-corrected chi connectivity index (χ0v) is 14.7. The van der Waals surface area contributed by atoms with E-state index in [4.69, 9.17) is 22.1 Å². The van der Waals surface area contributed by atoms with Crippen LogP contribution in [0.5, 0.6) is 0 Å². The van der Waals surface area contributed by atoms with E-state index in [1.807, 2.05) is 0 Å². The molecule has 1 aliphatic rings. The number of aromatic nitrogens is 1. The van der Waals surface area contributed by atoms with Gasteiger partial charge in [-0.2, -0.15) is 0 Å². The molecule has 4 N–H and O–H groups in total. The lowest BCUT2D eigenvalue weighted by molar-refractivity contribution is -0.126. The van der Waals surface area contributed by atoms with E-state index in [0.29, 0.717) is 29.9 Å². The van der Waals surface area contributed by atoms with Gasteiger partial charge in [0.2, 0.25) is 0 Å². The lowest BCUT2D eigenvalue weighted by atomic mass is 10.1. The molecule has 1 fully saturated rings. The number of hydrogen-bond donors (Lipinski definition) is 3. The van der Waals surface area contributed by atoms with Gasteiger partial charge < -0.3 is 21.1 Å². The average molecular weight is 375 g/mol. The van der Waals surface area contributed by atoms with E-state index in [0.717, 1.165) is 6.42 Å². The van der Waals surface area contributed by atoms with Crippen LogP contribution in [-0.4, -0.2) is 35.6 Å². The van der Waals surface area contributed by atoms with Crippen molar-refractivity contribution in [2.24, 2.45) is 5.73 Å². The number of carbonyl (C=O) groups is 2. The monoisotopic (exact) mass is 374 g/mol. The highest BCUT2D eigenvalue weighted by molar-refractivity contribution is 6.34. The first kappa shape index (κ1) is 18.3. The van der Waals surface area contributed by atoms with Crippen molar-refractivity contribution in [2.45, 2.75) is 25.0 Å². The molecule has 7 nitrogen and oxygen atoms in total. The molecule has 136 valence electrons. The number of benzene rings is 1. The summed E-state index contributed by atoms with van der Waals surface area (Å²) in [6.07, 6.45) is 3.96. The Morgan fingerprint density at radius 1 is 1.23 bits per heavy atom. The average Bonchev–Trinajstić information content (AvgIpc) is 3.12. The Morgan fingerprint density at radius 3 is 2.73 bits per heavy atom. The predicted molar refractivity (Wildman–Crippen MR) is 99.2 cm³/mol. The second-order valence-corrected chi connectivity index (χ2v) is 6.35. The van der Waals surface area contributed by atoms with Crippen LogP contribution in [0.2, 0.25) is 5.02 Å². The first-order chi connectivity index (χ1) is 12.6. The van der Waals surface area contributed by atoms with Gasteiger partial charge in [-0.05, 0) is 43.2 Å². The highest BCUT2D eigenvalue weighted by Crippen LogP contribution is 2.24. The van der Waals surface area contributed by atoms with Crippen molar-refractivity contribution in [3.63, 3.8) is 0 Å². The van der Waals surface area contributed by atoms with Crippen molar-refractivity contribution in [3.05, 3.63) is 53.3 Å². The molecule has 1 aromatic heterocycles. The molecular weight excluding hydrogens is 356 g/mol. The molecule has 1 aromatic carbocycles. The minimum absolute atomic E-state index is 0.0760. The fourth-order valence-corrected chi connectivity index (χ4v) is 2.97. The van der Waals surface area contributed by atoms with E-state index < -0.39 is 6.10 Å². The molecule has 1 saturated heterocycles. The van der Waals surface area contributed by atoms with Crippen molar-refractivity contribution in [1.29, 1.82) is 0 Å². The van der Waals surface area contributed by atoms with E-state index >= 15 is 0 Å². The number of anilines is 2. The highest BCUT2D eigenvalue weighted by atomic mass is 35.5. The van der Waals surface area contributed by atoms with Gasteiger partial charge in [0, 0.05) is 18.4 Å². The lowest BCUT2D eigenvalue weighted by Gasteiger charge is -2.13. The summed E-state index contributed by atoms with van der Waals surface area (Å²) >= 11 is 6.20. The molecule has 0 unspecified atom stereocenters. The largest absolute Gasteiger partial charge is 0.364 e. The van der Waals surface area contributed by atoms with Gasteiger partial charge in [0.05, 0.1) is 28.6 Å². The Hall–Kier alpha value is -2.48. The van der Waals surface area contributed by atoms with Crippen LogP contribution in [0.4, 0.5) is 11.4 Å². The summed E-state index contributed by atoms with van der Waals surface area (Å²) in [6, 6.07) is 8.16. The van der Waals surface area contributed by atoms with Gasteiger partial charge in [-0.15, -0.1) is 0 Å². The summed E-state index contributed by atoms with van der Waals surface area (Å²) in [5.41, 5.74) is 6.92. The van der Waals surface area contributed by atoms with Crippen LogP contribution < -0.4 is 16.4 Å². The van der Waals surface area contributed by atoms with Crippen LogP contribution in [0.25, 0.3) is 0 Å². The highest BCUT2D eigenvalue weighted by Gasteiger charge is 2.29. The number of halogens is 1. The maximum absolute atomic E-state index is 12.3. The van der Waals surface area contributed by atoms with Crippen LogP contribution in [-0.2, 0) is 9.53 Å². The van der Waals surface area contributed by atoms with Gasteiger partial charge in [-0.3, -0.25) is 14.6 Å². The van der Waals surface area contributed by atoms with Crippen molar-refractivity contribution >= 4 is 34.8 Å². The summed E-state index contributed by atoms with van der Waals surface area (Å²) in [7, 11) is 0. The summed E-state index contributed by atoms with van der Waals surface area (Å²) in [5, 5.41) is 5.70. The van der Waals surface area contributed by atoms with Gasteiger partial charge in [0.1, 0.15) is 6.10 Å².